The summed E-state index contributed by atoms with van der Waals surface area (Å²) in [5.41, 5.74) is 15.4. The molecule has 0 aromatic heterocycles. The molecule has 14 nitrogen and oxygen atoms in total. The van der Waals surface area contributed by atoms with Crippen LogP contribution in [-0.4, -0.2) is 90.3 Å². The van der Waals surface area contributed by atoms with Crippen molar-refractivity contribution in [2.24, 2.45) is 29.2 Å². The summed E-state index contributed by atoms with van der Waals surface area (Å²) in [6.07, 6.45) is 0.672. The minimum Gasteiger partial charge on any atom is -0.507 e. The van der Waals surface area contributed by atoms with E-state index in [4.69, 9.17) is 32.5 Å². The zero-order valence-electron chi connectivity index (χ0n) is 37.8. The molecule has 0 radical (unpaired) electrons. The molecule has 66 heavy (non-hydrogen) atoms. The molecule has 1 heterocycles. The smallest absolute Gasteiger partial charge is 0.303 e. The third kappa shape index (κ3) is 13.4. The van der Waals surface area contributed by atoms with Crippen LogP contribution in [0.25, 0.3) is 22.3 Å². The van der Waals surface area contributed by atoms with E-state index in [0.29, 0.717) is 58.8 Å². The van der Waals surface area contributed by atoms with Crippen molar-refractivity contribution in [1.82, 2.24) is 10.2 Å². The molecule has 0 fully saturated rings. The fourth-order valence-electron chi connectivity index (χ4n) is 8.04. The lowest BCUT2D eigenvalue weighted by atomic mass is 9.87. The Hall–Kier alpha value is -6.22. The number of nitrogens with zero attached hydrogens (tertiary/aromatic N) is 1. The van der Waals surface area contributed by atoms with Crippen LogP contribution in [-0.2, 0) is 39.9 Å². The number of ketones is 4. The third-order valence-corrected chi connectivity index (χ3v) is 12.1. The van der Waals surface area contributed by atoms with Gasteiger partial charge in [0, 0.05) is 79.2 Å². The van der Waals surface area contributed by atoms with Crippen LogP contribution in [0.15, 0.2) is 84.9 Å². The number of fused-ring (bicyclic) bond motifs is 5. The van der Waals surface area contributed by atoms with E-state index < -0.39 is 71.6 Å². The van der Waals surface area contributed by atoms with E-state index in [1.54, 1.807) is 61.5 Å². The highest BCUT2D eigenvalue weighted by molar-refractivity contribution is 6.30. The molecule has 0 saturated heterocycles. The van der Waals surface area contributed by atoms with Crippen molar-refractivity contribution in [2.75, 3.05) is 33.4 Å². The summed E-state index contributed by atoms with van der Waals surface area (Å²) in [6.45, 7) is 4.41. The standard InChI is InChI=1S/C51H59ClN4O10/c1-30(47(62)29-66-32(3)57)23-45(60)42-26-33-8-18-43(58)40(25-33)41-27-37(15-19-48(41)65-22-21-54)49(46(61)24-31(2)50(63)55-42)56(4)51(64)38(7-5-6-20-53)28-44(59)36-11-9-34(10-12-36)35-13-16-39(52)17-14-35/h8-19,25,27,30-31,38,42,49,58H,5-7,20-24,26,28-29,53-54H2,1-4H3,(H,55,63)/t30-,31-,38-,42+,49+/m1/s1. The van der Waals surface area contributed by atoms with E-state index in [1.165, 1.54) is 31.9 Å². The van der Waals surface area contributed by atoms with Gasteiger partial charge in [0.25, 0.3) is 0 Å². The molecule has 0 saturated carbocycles. The summed E-state index contributed by atoms with van der Waals surface area (Å²) < 4.78 is 10.9. The van der Waals surface area contributed by atoms with Crippen molar-refractivity contribution >= 4 is 52.5 Å². The highest BCUT2D eigenvalue weighted by Crippen LogP contribution is 2.40. The number of unbranched alkanes of at least 4 members (excludes halogenated alkanes) is 1. The molecule has 4 aromatic rings. The van der Waals surface area contributed by atoms with Crippen molar-refractivity contribution in [3.63, 3.8) is 0 Å². The molecule has 2 amide bonds. The van der Waals surface area contributed by atoms with Crippen molar-refractivity contribution < 1.29 is 48.1 Å². The molecule has 0 spiro atoms. The minimum absolute atomic E-state index is 0.0291. The maximum Gasteiger partial charge on any atom is 0.303 e. The number of phenols is 1. The Morgan fingerprint density at radius 1 is 0.864 bits per heavy atom. The van der Waals surface area contributed by atoms with Gasteiger partial charge in [-0.1, -0.05) is 80.4 Å². The van der Waals surface area contributed by atoms with E-state index in [9.17, 15) is 38.7 Å². The topological polar surface area (TPSA) is 225 Å². The fraction of sp³-hybridized carbons (Fsp3) is 0.392. The molecule has 4 aromatic carbocycles. The zero-order valence-corrected chi connectivity index (χ0v) is 38.6. The van der Waals surface area contributed by atoms with Crippen LogP contribution in [0, 0.1) is 17.8 Å². The van der Waals surface area contributed by atoms with E-state index in [2.05, 4.69) is 5.32 Å². The number of ether oxygens (including phenoxy) is 2. The molecule has 5 rings (SSSR count). The lowest BCUT2D eigenvalue weighted by Crippen LogP contribution is -2.46. The highest BCUT2D eigenvalue weighted by Gasteiger charge is 2.36. The highest BCUT2D eigenvalue weighted by atomic mass is 35.5. The second-order valence-electron chi connectivity index (χ2n) is 16.9. The maximum absolute atomic E-state index is 14.8. The van der Waals surface area contributed by atoms with E-state index in [-0.39, 0.29) is 55.9 Å². The zero-order chi connectivity index (χ0) is 48.1. The normalized spacial score (nSPS) is 17.1. The van der Waals surface area contributed by atoms with Crippen molar-refractivity contribution in [1.29, 1.82) is 0 Å². The molecule has 6 N–H and O–H groups in total. The number of carbonyl (C=O) groups is 7. The first kappa shape index (κ1) is 50.8. The van der Waals surface area contributed by atoms with E-state index >= 15 is 0 Å². The van der Waals surface area contributed by atoms with Crippen LogP contribution >= 0.6 is 11.6 Å². The first-order chi connectivity index (χ1) is 31.5. The maximum atomic E-state index is 14.8. The first-order valence-electron chi connectivity index (χ1n) is 22.2. The molecule has 4 bridgehead atoms. The number of carbonyl (C=O) groups excluding carboxylic acids is 7. The first-order valence-corrected chi connectivity index (χ1v) is 22.6. The van der Waals surface area contributed by atoms with Crippen LogP contribution in [0.5, 0.6) is 11.5 Å². The number of halogens is 1. The van der Waals surface area contributed by atoms with Gasteiger partial charge in [0.1, 0.15) is 30.8 Å². The number of nitrogens with one attached hydrogen (secondary N) is 1. The number of benzene rings is 4. The average Bonchev–Trinajstić information content (AvgIpc) is 3.29. The van der Waals surface area contributed by atoms with Gasteiger partial charge in [0.05, 0.1) is 6.04 Å². The molecule has 1 aliphatic rings. The van der Waals surface area contributed by atoms with Gasteiger partial charge in [-0.3, -0.25) is 33.6 Å². The Balaban J connectivity index is 1.52. The van der Waals surface area contributed by atoms with Crippen LogP contribution in [0.4, 0.5) is 0 Å². The summed E-state index contributed by atoms with van der Waals surface area (Å²) in [7, 11) is 1.50. The molecule has 350 valence electrons. The quantitative estimate of drug-likeness (QED) is 0.0444. The fourth-order valence-corrected chi connectivity index (χ4v) is 8.17. The van der Waals surface area contributed by atoms with Gasteiger partial charge >= 0.3 is 5.97 Å². The van der Waals surface area contributed by atoms with Crippen LogP contribution < -0.4 is 21.5 Å². The van der Waals surface area contributed by atoms with Gasteiger partial charge < -0.3 is 36.3 Å². The van der Waals surface area contributed by atoms with Crippen LogP contribution in [0.3, 0.4) is 0 Å². The van der Waals surface area contributed by atoms with Gasteiger partial charge in [-0.2, -0.15) is 0 Å². The lowest BCUT2D eigenvalue weighted by molar-refractivity contribution is -0.147. The monoisotopic (exact) mass is 922 g/mol. The van der Waals surface area contributed by atoms with Gasteiger partial charge in [0.2, 0.25) is 11.8 Å². The van der Waals surface area contributed by atoms with Crippen LogP contribution in [0.1, 0.15) is 86.8 Å². The number of likely N-dealkylation sites (N-methyl/N-ethyl adjacent to an activating group) is 1. The van der Waals surface area contributed by atoms with Crippen molar-refractivity contribution in [3.8, 4) is 33.8 Å². The number of hydrogen-bond donors (Lipinski definition) is 4. The number of hydrogen-bond acceptors (Lipinski definition) is 12. The molecule has 1 aliphatic heterocycles. The third-order valence-electron chi connectivity index (χ3n) is 11.8. The number of esters is 1. The lowest BCUT2D eigenvalue weighted by Gasteiger charge is -2.32. The largest absolute Gasteiger partial charge is 0.507 e. The second kappa shape index (κ2) is 23.8. The Bertz CT molecular complexity index is 2400. The molecule has 0 unspecified atom stereocenters. The summed E-state index contributed by atoms with van der Waals surface area (Å²) in [5, 5.41) is 14.8. The second-order valence-corrected chi connectivity index (χ2v) is 17.4. The Labute approximate surface area is 390 Å². The molecule has 5 atom stereocenters. The summed E-state index contributed by atoms with van der Waals surface area (Å²) >= 11 is 6.07. The Morgan fingerprint density at radius 2 is 1.55 bits per heavy atom. The number of phenolic OH excluding ortho intramolecular Hbond substituents is 1. The predicted octanol–water partition coefficient (Wildman–Crippen LogP) is 6.60. The Kier molecular flexibility index (Phi) is 18.3. The van der Waals surface area contributed by atoms with Crippen molar-refractivity contribution in [3.05, 3.63) is 107 Å². The summed E-state index contributed by atoms with van der Waals surface area (Å²) in [4.78, 5) is 96.7. The average molecular weight is 924 g/mol. The molecular weight excluding hydrogens is 864 g/mol. The summed E-state index contributed by atoms with van der Waals surface area (Å²) in [6, 6.07) is 21.6. The predicted molar refractivity (Wildman–Crippen MR) is 251 cm³/mol. The number of rotatable bonds is 19. The van der Waals surface area contributed by atoms with Crippen molar-refractivity contribution in [2.45, 2.75) is 77.8 Å². The van der Waals surface area contributed by atoms with Gasteiger partial charge in [-0.05, 0) is 84.5 Å². The van der Waals surface area contributed by atoms with E-state index in [0.717, 1.165) is 11.1 Å². The van der Waals surface area contributed by atoms with Gasteiger partial charge in [-0.15, -0.1) is 0 Å². The SMILES string of the molecule is CC(=O)OCC(=O)[C@H](C)CC(=O)[C@@H]1Cc2ccc(O)c(c2)-c2cc(ccc2OCCN)[C@H](N(C)C(=O)[C@H](CCCCN)CC(=O)c2ccc(-c3ccc(Cl)cc3)cc2)C(=O)C[C@@H](C)C(=O)N1. The number of nitrogens with two attached hydrogens (primary N) is 2. The molecular formula is C51H59ClN4O10. The molecule has 0 aliphatic carbocycles. The van der Waals surface area contributed by atoms with Gasteiger partial charge in [-0.25, -0.2) is 0 Å². The van der Waals surface area contributed by atoms with Gasteiger partial charge in [0.15, 0.2) is 23.1 Å². The number of Topliss-reactive ketones (excluding diaryl/α,β-unsaturated/α-hetero) is 4. The summed E-state index contributed by atoms with van der Waals surface area (Å²) in [5.74, 6) is -5.91. The molecule has 15 heteroatoms. The number of aromatic hydroxyl groups is 1. The number of amides is 2. The Morgan fingerprint density at radius 3 is 2.20 bits per heavy atom. The van der Waals surface area contributed by atoms with E-state index in [1.807, 2.05) is 24.3 Å². The minimum atomic E-state index is -1.27. The van der Waals surface area contributed by atoms with Crippen LogP contribution in [0.2, 0.25) is 5.02 Å².